The zero-order chi connectivity index (χ0) is 24.9. The molecule has 182 valence electrons. The first kappa shape index (κ1) is 24.2. The number of amides is 1. The number of likely N-dealkylation sites (tertiary alicyclic amines) is 1. The van der Waals surface area contributed by atoms with Gasteiger partial charge in [-0.25, -0.2) is 0 Å². The van der Waals surface area contributed by atoms with Crippen LogP contribution in [-0.2, 0) is 22.6 Å². The second kappa shape index (κ2) is 10.5. The molecule has 0 bridgehead atoms. The number of carbonyl (C=O) groups is 2. The Morgan fingerprint density at radius 1 is 1.03 bits per heavy atom. The Kier molecular flexibility index (Phi) is 7.29. The first-order valence-electron chi connectivity index (χ1n) is 11.8. The van der Waals surface area contributed by atoms with Crippen molar-refractivity contribution in [3.05, 3.63) is 93.0 Å². The van der Waals surface area contributed by atoms with Gasteiger partial charge in [-0.15, -0.1) is 6.58 Å². The number of aromatic nitrogens is 2. The minimum absolute atomic E-state index is 0.139. The number of hydrogen-bond donors (Lipinski definition) is 0. The van der Waals surface area contributed by atoms with Crippen LogP contribution in [0.2, 0.25) is 0 Å². The van der Waals surface area contributed by atoms with Crippen LogP contribution in [0.25, 0.3) is 11.0 Å². The highest BCUT2D eigenvalue weighted by Gasteiger charge is 2.29. The molecule has 0 spiro atoms. The summed E-state index contributed by atoms with van der Waals surface area (Å²) >= 11 is 0. The number of fused-ring (bicyclic) bond motifs is 1. The summed E-state index contributed by atoms with van der Waals surface area (Å²) in [5.74, 6) is -0.691. The van der Waals surface area contributed by atoms with E-state index in [1.54, 1.807) is 48.2 Å². The number of rotatable bonds is 7. The summed E-state index contributed by atoms with van der Waals surface area (Å²) in [5.41, 5.74) is 1.40. The molecule has 2 aromatic carbocycles. The number of benzene rings is 2. The lowest BCUT2D eigenvalue weighted by atomic mass is 9.97. The van der Waals surface area contributed by atoms with Gasteiger partial charge in [0.05, 0.1) is 30.1 Å². The number of nitrogens with zero attached hydrogens (tertiary/aromatic N) is 3. The van der Waals surface area contributed by atoms with Gasteiger partial charge in [-0.1, -0.05) is 30.3 Å². The maximum Gasteiger partial charge on any atom is 0.317 e. The van der Waals surface area contributed by atoms with Gasteiger partial charge in [0.2, 0.25) is 0 Å². The van der Waals surface area contributed by atoms with E-state index in [9.17, 15) is 19.2 Å². The Morgan fingerprint density at radius 3 is 2.34 bits per heavy atom. The van der Waals surface area contributed by atoms with Gasteiger partial charge in [-0.05, 0) is 49.6 Å². The van der Waals surface area contributed by atoms with Gasteiger partial charge in [-0.2, -0.15) is 0 Å². The van der Waals surface area contributed by atoms with Crippen LogP contribution >= 0.6 is 0 Å². The standard InChI is InChI=1S/C27H29N3O5/c1-3-15-29-22-9-5-6-10-23(22)30(26(33)25(29)32)17-19-11-13-20(14-12-19)24(31)28-16-7-8-21(18-28)27(34)35-4-2/h3,5-6,9-14,21H,1,4,7-8,15-18H2,2H3/t21-/m0/s1. The Labute approximate surface area is 203 Å². The van der Waals surface area contributed by atoms with Crippen molar-refractivity contribution in [2.75, 3.05) is 19.7 Å². The molecule has 4 rings (SSSR count). The Morgan fingerprint density at radius 2 is 1.69 bits per heavy atom. The summed E-state index contributed by atoms with van der Waals surface area (Å²) in [7, 11) is 0. The minimum Gasteiger partial charge on any atom is -0.466 e. The van der Waals surface area contributed by atoms with Gasteiger partial charge in [0.15, 0.2) is 0 Å². The van der Waals surface area contributed by atoms with Crippen molar-refractivity contribution in [1.29, 1.82) is 0 Å². The highest BCUT2D eigenvalue weighted by atomic mass is 16.5. The van der Waals surface area contributed by atoms with Gasteiger partial charge in [0.25, 0.3) is 5.91 Å². The van der Waals surface area contributed by atoms with Crippen molar-refractivity contribution >= 4 is 22.9 Å². The molecule has 35 heavy (non-hydrogen) atoms. The minimum atomic E-state index is -0.607. The molecule has 1 aromatic heterocycles. The molecule has 0 N–H and O–H groups in total. The predicted octanol–water partition coefficient (Wildman–Crippen LogP) is 2.81. The smallest absolute Gasteiger partial charge is 0.317 e. The number of allylic oxidation sites excluding steroid dienone is 1. The van der Waals surface area contributed by atoms with Crippen molar-refractivity contribution in [3.8, 4) is 0 Å². The molecular weight excluding hydrogens is 446 g/mol. The summed E-state index contributed by atoms with van der Waals surface area (Å²) in [4.78, 5) is 52.4. The molecule has 0 radical (unpaired) electrons. The predicted molar refractivity (Wildman–Crippen MR) is 133 cm³/mol. The average Bonchev–Trinajstić information content (AvgIpc) is 2.89. The Balaban J connectivity index is 1.56. The third kappa shape index (κ3) is 4.96. The fourth-order valence-electron chi connectivity index (χ4n) is 4.57. The maximum absolute atomic E-state index is 13.0. The van der Waals surface area contributed by atoms with E-state index < -0.39 is 11.1 Å². The van der Waals surface area contributed by atoms with Crippen LogP contribution in [0.4, 0.5) is 0 Å². The molecule has 3 aromatic rings. The number of esters is 1. The summed E-state index contributed by atoms with van der Waals surface area (Å²) < 4.78 is 8.01. The Bertz CT molecular complexity index is 1370. The van der Waals surface area contributed by atoms with Crippen LogP contribution in [0.5, 0.6) is 0 Å². The van der Waals surface area contributed by atoms with Gasteiger partial charge < -0.3 is 9.64 Å². The van der Waals surface area contributed by atoms with Crippen molar-refractivity contribution in [3.63, 3.8) is 0 Å². The zero-order valence-electron chi connectivity index (χ0n) is 19.8. The highest BCUT2D eigenvalue weighted by molar-refractivity contribution is 5.94. The largest absolute Gasteiger partial charge is 0.466 e. The third-order valence-corrected chi connectivity index (χ3v) is 6.32. The summed E-state index contributed by atoms with van der Waals surface area (Å²) in [5, 5.41) is 0. The molecule has 0 unspecified atom stereocenters. The molecule has 0 saturated carbocycles. The van der Waals surface area contributed by atoms with Gasteiger partial charge >= 0.3 is 17.1 Å². The van der Waals surface area contributed by atoms with Crippen molar-refractivity contribution in [1.82, 2.24) is 14.0 Å². The van der Waals surface area contributed by atoms with Crippen LogP contribution in [-0.4, -0.2) is 45.6 Å². The molecule has 1 atom stereocenters. The lowest BCUT2D eigenvalue weighted by Crippen LogP contribution is -2.42. The average molecular weight is 476 g/mol. The van der Waals surface area contributed by atoms with Crippen LogP contribution < -0.4 is 11.1 Å². The summed E-state index contributed by atoms with van der Waals surface area (Å²) in [6.07, 6.45) is 3.06. The lowest BCUT2D eigenvalue weighted by Gasteiger charge is -2.31. The van der Waals surface area contributed by atoms with Crippen LogP contribution in [0.1, 0.15) is 35.7 Å². The van der Waals surface area contributed by atoms with Crippen LogP contribution in [0.3, 0.4) is 0 Å². The van der Waals surface area contributed by atoms with E-state index in [0.29, 0.717) is 36.3 Å². The van der Waals surface area contributed by atoms with Crippen LogP contribution in [0.15, 0.2) is 70.8 Å². The van der Waals surface area contributed by atoms with E-state index in [2.05, 4.69) is 6.58 Å². The number of para-hydroxylation sites is 2. The monoisotopic (exact) mass is 475 g/mol. The normalized spacial score (nSPS) is 15.7. The van der Waals surface area contributed by atoms with Gasteiger partial charge in [-0.3, -0.25) is 28.3 Å². The van der Waals surface area contributed by atoms with Crippen molar-refractivity contribution in [2.24, 2.45) is 5.92 Å². The molecule has 1 aliphatic rings. The fraction of sp³-hybridized carbons (Fsp3) is 0.333. The first-order chi connectivity index (χ1) is 16.9. The summed E-state index contributed by atoms with van der Waals surface area (Å²) in [6, 6.07) is 14.3. The topological polar surface area (TPSA) is 90.6 Å². The SMILES string of the molecule is C=CCn1c(=O)c(=O)n(Cc2ccc(C(=O)N3CCC[C@H](C(=O)OCC)C3)cc2)c2ccccc21. The molecular formula is C27H29N3O5. The van der Waals surface area contributed by atoms with E-state index in [4.69, 9.17) is 4.74 Å². The van der Waals surface area contributed by atoms with Crippen LogP contribution in [0, 0.1) is 5.92 Å². The second-order valence-corrected chi connectivity index (χ2v) is 8.62. The van der Waals surface area contributed by atoms with Gasteiger partial charge in [0.1, 0.15) is 0 Å². The maximum atomic E-state index is 13.0. The van der Waals surface area contributed by atoms with E-state index in [1.165, 1.54) is 9.13 Å². The van der Waals surface area contributed by atoms with Crippen molar-refractivity contribution in [2.45, 2.75) is 32.9 Å². The third-order valence-electron chi connectivity index (χ3n) is 6.32. The number of piperidine rings is 1. The molecule has 2 heterocycles. The Hall–Kier alpha value is -3.94. The van der Waals surface area contributed by atoms with E-state index in [1.807, 2.05) is 18.2 Å². The van der Waals surface area contributed by atoms with Crippen molar-refractivity contribution < 1.29 is 14.3 Å². The van der Waals surface area contributed by atoms with E-state index >= 15 is 0 Å². The van der Waals surface area contributed by atoms with Gasteiger partial charge in [0, 0.05) is 25.2 Å². The molecule has 8 nitrogen and oxygen atoms in total. The molecule has 1 amide bonds. The van der Waals surface area contributed by atoms with E-state index in [-0.39, 0.29) is 30.9 Å². The molecule has 0 aliphatic carbocycles. The second-order valence-electron chi connectivity index (χ2n) is 8.62. The quantitative estimate of drug-likeness (QED) is 0.298. The molecule has 1 aliphatic heterocycles. The molecule has 8 heteroatoms. The number of carbonyl (C=O) groups excluding carboxylic acids is 2. The lowest BCUT2D eigenvalue weighted by molar-refractivity contribution is -0.149. The fourth-order valence-corrected chi connectivity index (χ4v) is 4.57. The highest BCUT2D eigenvalue weighted by Crippen LogP contribution is 2.20. The van der Waals surface area contributed by atoms with E-state index in [0.717, 1.165) is 18.4 Å². The first-order valence-corrected chi connectivity index (χ1v) is 11.8. The molecule has 1 fully saturated rings. The summed E-state index contributed by atoms with van der Waals surface area (Å²) in [6.45, 7) is 7.17. The number of hydrogen-bond acceptors (Lipinski definition) is 5. The number of ether oxygens (including phenoxy) is 1. The molecule has 1 saturated heterocycles. The zero-order valence-corrected chi connectivity index (χ0v) is 19.8.